The number of benzene rings is 1. The summed E-state index contributed by atoms with van der Waals surface area (Å²) in [7, 11) is 0. The molecule has 1 aromatic rings. The van der Waals surface area contributed by atoms with Crippen LogP contribution >= 0.6 is 11.6 Å². The Hall–Kier alpha value is -1.59. The predicted octanol–water partition coefficient (Wildman–Crippen LogP) is 2.44. The van der Waals surface area contributed by atoms with Crippen molar-refractivity contribution in [2.24, 2.45) is 0 Å². The van der Waals surface area contributed by atoms with E-state index in [9.17, 15) is 9.59 Å². The van der Waals surface area contributed by atoms with Gasteiger partial charge in [0.15, 0.2) is 0 Å². The summed E-state index contributed by atoms with van der Waals surface area (Å²) in [6, 6.07) is 6.96. The van der Waals surface area contributed by atoms with E-state index in [0.29, 0.717) is 36.8 Å². The Labute approximate surface area is 142 Å². The molecule has 5 nitrogen and oxygen atoms in total. The van der Waals surface area contributed by atoms with Crippen LogP contribution < -0.4 is 0 Å². The average Bonchev–Trinajstić information content (AvgIpc) is 2.45. The van der Waals surface area contributed by atoms with Gasteiger partial charge in [-0.1, -0.05) is 17.7 Å². The van der Waals surface area contributed by atoms with E-state index in [1.807, 2.05) is 25.7 Å². The number of nitrogens with zero attached hydrogens (tertiary/aromatic N) is 2. The van der Waals surface area contributed by atoms with Gasteiger partial charge in [-0.25, -0.2) is 0 Å². The van der Waals surface area contributed by atoms with Crippen LogP contribution in [0.5, 0.6) is 0 Å². The lowest BCUT2D eigenvalue weighted by atomic mass is 10.2. The van der Waals surface area contributed by atoms with Gasteiger partial charge in [0.05, 0.1) is 6.54 Å². The summed E-state index contributed by atoms with van der Waals surface area (Å²) < 4.78 is 5.32. The standard InChI is InChI=1S/C17H23ClN2O3/c1-17(2,3)23-15(21)12-19-7-9-20(10-8-19)16(22)13-5-4-6-14(18)11-13/h4-6,11H,7-10,12H2,1-3H3. The zero-order valence-electron chi connectivity index (χ0n) is 13.8. The lowest BCUT2D eigenvalue weighted by Crippen LogP contribution is -2.50. The van der Waals surface area contributed by atoms with Crippen LogP contribution in [0.2, 0.25) is 5.02 Å². The Morgan fingerprint density at radius 2 is 1.83 bits per heavy atom. The monoisotopic (exact) mass is 338 g/mol. The van der Waals surface area contributed by atoms with E-state index < -0.39 is 5.60 Å². The van der Waals surface area contributed by atoms with Crippen molar-refractivity contribution in [1.29, 1.82) is 0 Å². The Bertz CT molecular complexity index is 575. The number of hydrogen-bond donors (Lipinski definition) is 0. The van der Waals surface area contributed by atoms with E-state index in [0.717, 1.165) is 0 Å². The molecule has 1 fully saturated rings. The van der Waals surface area contributed by atoms with Crippen LogP contribution in [0.1, 0.15) is 31.1 Å². The second kappa shape index (κ2) is 7.32. The van der Waals surface area contributed by atoms with Crippen LogP contribution in [0.15, 0.2) is 24.3 Å². The van der Waals surface area contributed by atoms with Gasteiger partial charge >= 0.3 is 5.97 Å². The van der Waals surface area contributed by atoms with Gasteiger partial charge in [0.25, 0.3) is 5.91 Å². The minimum absolute atomic E-state index is 0.0237. The number of carbonyl (C=O) groups is 2. The molecule has 2 rings (SSSR count). The molecule has 1 aliphatic heterocycles. The zero-order chi connectivity index (χ0) is 17.0. The van der Waals surface area contributed by atoms with Crippen molar-refractivity contribution >= 4 is 23.5 Å². The van der Waals surface area contributed by atoms with E-state index in [-0.39, 0.29) is 18.4 Å². The predicted molar refractivity (Wildman–Crippen MR) is 89.6 cm³/mol. The highest BCUT2D eigenvalue weighted by Crippen LogP contribution is 2.14. The number of halogens is 1. The third-order valence-electron chi connectivity index (χ3n) is 3.50. The first-order valence-electron chi connectivity index (χ1n) is 7.74. The maximum Gasteiger partial charge on any atom is 0.320 e. The molecule has 0 aliphatic carbocycles. The van der Waals surface area contributed by atoms with E-state index in [4.69, 9.17) is 16.3 Å². The Balaban J connectivity index is 1.84. The van der Waals surface area contributed by atoms with Gasteiger partial charge < -0.3 is 9.64 Å². The van der Waals surface area contributed by atoms with Crippen LogP contribution in [0.4, 0.5) is 0 Å². The number of carbonyl (C=O) groups excluding carboxylic acids is 2. The minimum atomic E-state index is -0.471. The van der Waals surface area contributed by atoms with Gasteiger partial charge in [0.1, 0.15) is 5.60 Å². The van der Waals surface area contributed by atoms with E-state index in [1.165, 1.54) is 0 Å². The molecule has 0 N–H and O–H groups in total. The first kappa shape index (κ1) is 17.8. The molecule has 0 bridgehead atoms. The fourth-order valence-electron chi connectivity index (χ4n) is 2.47. The lowest BCUT2D eigenvalue weighted by Gasteiger charge is -2.34. The van der Waals surface area contributed by atoms with Crippen molar-refractivity contribution in [3.8, 4) is 0 Å². The summed E-state index contributed by atoms with van der Waals surface area (Å²) in [5, 5.41) is 0.555. The quantitative estimate of drug-likeness (QED) is 0.794. The molecule has 1 heterocycles. The largest absolute Gasteiger partial charge is 0.459 e. The maximum absolute atomic E-state index is 12.4. The average molecular weight is 339 g/mol. The van der Waals surface area contributed by atoms with Gasteiger partial charge in [-0.3, -0.25) is 14.5 Å². The van der Waals surface area contributed by atoms with Crippen LogP contribution in [0.3, 0.4) is 0 Å². The van der Waals surface area contributed by atoms with E-state index >= 15 is 0 Å². The highest BCUT2D eigenvalue weighted by atomic mass is 35.5. The smallest absolute Gasteiger partial charge is 0.320 e. The molecule has 1 amide bonds. The summed E-state index contributed by atoms with van der Waals surface area (Å²) in [4.78, 5) is 28.1. The van der Waals surface area contributed by atoms with Crippen molar-refractivity contribution in [3.63, 3.8) is 0 Å². The molecule has 126 valence electrons. The SMILES string of the molecule is CC(C)(C)OC(=O)CN1CCN(C(=O)c2cccc(Cl)c2)CC1. The Morgan fingerprint density at radius 1 is 1.17 bits per heavy atom. The van der Waals surface area contributed by atoms with Crippen LogP contribution in [-0.2, 0) is 9.53 Å². The van der Waals surface area contributed by atoms with Crippen molar-refractivity contribution in [2.45, 2.75) is 26.4 Å². The van der Waals surface area contributed by atoms with E-state index in [2.05, 4.69) is 0 Å². The molecular weight excluding hydrogens is 316 g/mol. The molecule has 0 unspecified atom stereocenters. The third-order valence-corrected chi connectivity index (χ3v) is 3.74. The summed E-state index contributed by atoms with van der Waals surface area (Å²) in [5.41, 5.74) is 0.125. The molecule has 0 saturated carbocycles. The fraction of sp³-hybridized carbons (Fsp3) is 0.529. The van der Waals surface area contributed by atoms with Gasteiger partial charge in [-0.05, 0) is 39.0 Å². The molecule has 0 radical (unpaired) electrons. The Morgan fingerprint density at radius 3 is 2.39 bits per heavy atom. The van der Waals surface area contributed by atoms with Crippen molar-refractivity contribution in [1.82, 2.24) is 9.80 Å². The number of ether oxygens (including phenoxy) is 1. The fourth-order valence-corrected chi connectivity index (χ4v) is 2.66. The molecule has 1 aliphatic rings. The highest BCUT2D eigenvalue weighted by molar-refractivity contribution is 6.30. The van der Waals surface area contributed by atoms with E-state index in [1.54, 1.807) is 29.2 Å². The third kappa shape index (κ3) is 5.52. The Kier molecular flexibility index (Phi) is 5.65. The van der Waals surface area contributed by atoms with Gasteiger partial charge in [-0.15, -0.1) is 0 Å². The van der Waals surface area contributed by atoms with Gasteiger partial charge in [-0.2, -0.15) is 0 Å². The highest BCUT2D eigenvalue weighted by Gasteiger charge is 2.25. The molecule has 1 aromatic carbocycles. The maximum atomic E-state index is 12.4. The lowest BCUT2D eigenvalue weighted by molar-refractivity contribution is -0.156. The first-order chi connectivity index (χ1) is 10.7. The second-order valence-electron chi connectivity index (χ2n) is 6.67. The molecule has 1 saturated heterocycles. The summed E-state index contributed by atoms with van der Waals surface area (Å²) in [5.74, 6) is -0.253. The van der Waals surface area contributed by atoms with Gasteiger partial charge in [0.2, 0.25) is 0 Å². The number of hydrogen-bond acceptors (Lipinski definition) is 4. The number of piperazine rings is 1. The molecule has 0 aromatic heterocycles. The van der Waals surface area contributed by atoms with Crippen molar-refractivity contribution in [2.75, 3.05) is 32.7 Å². The van der Waals surface area contributed by atoms with Crippen LogP contribution in [0, 0.1) is 0 Å². The number of rotatable bonds is 3. The molecular formula is C17H23ClN2O3. The summed E-state index contributed by atoms with van der Waals surface area (Å²) >= 11 is 5.93. The summed E-state index contributed by atoms with van der Waals surface area (Å²) in [6.45, 7) is 8.32. The van der Waals surface area contributed by atoms with Gasteiger partial charge in [0, 0.05) is 36.8 Å². The molecule has 23 heavy (non-hydrogen) atoms. The molecule has 6 heteroatoms. The summed E-state index contributed by atoms with van der Waals surface area (Å²) in [6.07, 6.45) is 0. The minimum Gasteiger partial charge on any atom is -0.459 e. The second-order valence-corrected chi connectivity index (χ2v) is 7.10. The van der Waals surface area contributed by atoms with Crippen LogP contribution in [0.25, 0.3) is 0 Å². The normalized spacial score (nSPS) is 16.3. The van der Waals surface area contributed by atoms with Crippen molar-refractivity contribution in [3.05, 3.63) is 34.9 Å². The van der Waals surface area contributed by atoms with Crippen LogP contribution in [-0.4, -0.2) is 60.0 Å². The number of amides is 1. The topological polar surface area (TPSA) is 49.9 Å². The molecule has 0 atom stereocenters. The number of esters is 1. The molecule has 0 spiro atoms. The first-order valence-corrected chi connectivity index (χ1v) is 8.11. The van der Waals surface area contributed by atoms with Crippen molar-refractivity contribution < 1.29 is 14.3 Å². The zero-order valence-corrected chi connectivity index (χ0v) is 14.6.